The van der Waals surface area contributed by atoms with Gasteiger partial charge < -0.3 is 10.5 Å². The number of halogens is 1. The number of hydrogen-bond acceptors (Lipinski definition) is 3. The molecule has 0 aliphatic rings. The van der Waals surface area contributed by atoms with E-state index < -0.39 is 0 Å². The summed E-state index contributed by atoms with van der Waals surface area (Å²) in [5, 5.41) is 9.06. The Kier molecular flexibility index (Phi) is 4.24. The van der Waals surface area contributed by atoms with Gasteiger partial charge in [-0.3, -0.25) is 0 Å². The van der Waals surface area contributed by atoms with Crippen molar-refractivity contribution in [1.29, 1.82) is 5.26 Å². The van der Waals surface area contributed by atoms with E-state index in [0.717, 1.165) is 6.42 Å². The molecule has 0 heterocycles. The summed E-state index contributed by atoms with van der Waals surface area (Å²) in [6.07, 6.45) is 0.788. The third kappa shape index (κ3) is 2.91. The van der Waals surface area contributed by atoms with Crippen LogP contribution in [0.2, 0.25) is 5.02 Å². The summed E-state index contributed by atoms with van der Waals surface area (Å²) in [6, 6.07) is 6.95. The first-order chi connectivity index (χ1) is 6.77. The normalized spacial score (nSPS) is 9.50. The van der Waals surface area contributed by atoms with E-state index in [-0.39, 0.29) is 0 Å². The molecule has 0 aromatic heterocycles. The molecule has 3 nitrogen and oxygen atoms in total. The van der Waals surface area contributed by atoms with Gasteiger partial charge in [-0.2, -0.15) is 5.26 Å². The highest BCUT2D eigenvalue weighted by Gasteiger charge is 2.01. The van der Waals surface area contributed by atoms with Crippen LogP contribution in [0, 0.1) is 11.3 Å². The highest BCUT2D eigenvalue weighted by atomic mass is 35.5. The van der Waals surface area contributed by atoms with Crippen LogP contribution in [0.25, 0.3) is 0 Å². The number of rotatable bonds is 4. The van der Waals surface area contributed by atoms with Gasteiger partial charge in [-0.05, 0) is 31.2 Å². The van der Waals surface area contributed by atoms with E-state index >= 15 is 0 Å². The molecule has 0 aliphatic heterocycles. The van der Waals surface area contributed by atoms with Crippen molar-refractivity contribution < 1.29 is 4.74 Å². The molecule has 1 aromatic carbocycles. The van der Waals surface area contributed by atoms with Crippen LogP contribution in [0.1, 0.15) is 12.0 Å². The van der Waals surface area contributed by atoms with Gasteiger partial charge in [0, 0.05) is 0 Å². The molecule has 2 N–H and O–H groups in total. The maximum atomic E-state index is 8.60. The van der Waals surface area contributed by atoms with E-state index in [2.05, 4.69) is 0 Å². The highest BCUT2D eigenvalue weighted by molar-refractivity contribution is 6.32. The minimum Gasteiger partial charge on any atom is -0.492 e. The first-order valence-corrected chi connectivity index (χ1v) is 4.68. The lowest BCUT2D eigenvalue weighted by Crippen LogP contribution is -2.06. The van der Waals surface area contributed by atoms with Crippen molar-refractivity contribution in [3.63, 3.8) is 0 Å². The topological polar surface area (TPSA) is 59.0 Å². The zero-order chi connectivity index (χ0) is 10.4. The van der Waals surface area contributed by atoms with Gasteiger partial charge in [0.25, 0.3) is 0 Å². The monoisotopic (exact) mass is 210 g/mol. The van der Waals surface area contributed by atoms with Crippen molar-refractivity contribution in [2.75, 3.05) is 13.2 Å². The molecular weight excluding hydrogens is 200 g/mol. The van der Waals surface area contributed by atoms with E-state index in [1.54, 1.807) is 18.2 Å². The van der Waals surface area contributed by atoms with Gasteiger partial charge in [-0.25, -0.2) is 0 Å². The molecule has 0 amide bonds. The molecule has 0 fully saturated rings. The Morgan fingerprint density at radius 1 is 1.50 bits per heavy atom. The Morgan fingerprint density at radius 3 is 2.86 bits per heavy atom. The molecule has 1 rings (SSSR count). The van der Waals surface area contributed by atoms with Gasteiger partial charge in [0.1, 0.15) is 5.75 Å². The zero-order valence-electron chi connectivity index (χ0n) is 7.66. The summed E-state index contributed by atoms with van der Waals surface area (Å²) >= 11 is 5.88. The van der Waals surface area contributed by atoms with E-state index in [1.807, 2.05) is 6.07 Å². The van der Waals surface area contributed by atoms with E-state index in [1.165, 1.54) is 0 Å². The Hall–Kier alpha value is -1.24. The molecular formula is C10H11ClN2O. The Bertz CT molecular complexity index is 346. The van der Waals surface area contributed by atoms with Crippen LogP contribution in [0.5, 0.6) is 5.75 Å². The van der Waals surface area contributed by atoms with Gasteiger partial charge in [-0.15, -0.1) is 0 Å². The second kappa shape index (κ2) is 5.48. The molecule has 0 saturated carbocycles. The molecule has 0 aliphatic carbocycles. The Balaban J connectivity index is 2.65. The lowest BCUT2D eigenvalue weighted by atomic mass is 10.2. The maximum Gasteiger partial charge on any atom is 0.137 e. The van der Waals surface area contributed by atoms with Crippen LogP contribution in [-0.2, 0) is 0 Å². The van der Waals surface area contributed by atoms with Crippen molar-refractivity contribution in [2.24, 2.45) is 5.73 Å². The predicted octanol–water partition coefficient (Wildman–Crippen LogP) is 1.94. The molecule has 0 radical (unpaired) electrons. The van der Waals surface area contributed by atoms with Gasteiger partial charge in [-0.1, -0.05) is 11.6 Å². The minimum absolute atomic E-state index is 0.459. The number of nitrogens with two attached hydrogens (primary N) is 1. The van der Waals surface area contributed by atoms with Gasteiger partial charge in [0.05, 0.1) is 23.3 Å². The lowest BCUT2D eigenvalue weighted by molar-refractivity contribution is 0.313. The Morgan fingerprint density at radius 2 is 2.29 bits per heavy atom. The summed E-state index contributed by atoms with van der Waals surface area (Å²) in [5.41, 5.74) is 5.85. The van der Waals surface area contributed by atoms with E-state index in [0.29, 0.717) is 29.5 Å². The molecule has 0 spiro atoms. The molecule has 74 valence electrons. The van der Waals surface area contributed by atoms with Crippen molar-refractivity contribution >= 4 is 11.6 Å². The average molecular weight is 211 g/mol. The second-order valence-corrected chi connectivity index (χ2v) is 3.15. The standard InChI is InChI=1S/C10H11ClN2O/c11-9-6-8(7-13)2-3-10(9)14-5-1-4-12/h2-3,6H,1,4-5,12H2. The second-order valence-electron chi connectivity index (χ2n) is 2.75. The molecule has 0 saturated heterocycles. The quantitative estimate of drug-likeness (QED) is 0.773. The first-order valence-electron chi connectivity index (χ1n) is 4.30. The van der Waals surface area contributed by atoms with Crippen LogP contribution in [0.15, 0.2) is 18.2 Å². The Labute approximate surface area is 88.0 Å². The van der Waals surface area contributed by atoms with E-state index in [4.69, 9.17) is 27.3 Å². The van der Waals surface area contributed by atoms with Crippen LogP contribution >= 0.6 is 11.6 Å². The molecule has 1 aromatic rings. The predicted molar refractivity (Wildman–Crippen MR) is 55.3 cm³/mol. The number of hydrogen-bond donors (Lipinski definition) is 1. The molecule has 0 bridgehead atoms. The molecule has 0 atom stereocenters. The highest BCUT2D eigenvalue weighted by Crippen LogP contribution is 2.25. The van der Waals surface area contributed by atoms with E-state index in [9.17, 15) is 0 Å². The fraction of sp³-hybridized carbons (Fsp3) is 0.300. The van der Waals surface area contributed by atoms with Crippen molar-refractivity contribution in [1.82, 2.24) is 0 Å². The largest absolute Gasteiger partial charge is 0.492 e. The molecule has 4 heteroatoms. The average Bonchev–Trinajstić information content (AvgIpc) is 2.20. The fourth-order valence-electron chi connectivity index (χ4n) is 0.953. The smallest absolute Gasteiger partial charge is 0.137 e. The van der Waals surface area contributed by atoms with Crippen molar-refractivity contribution in [3.8, 4) is 11.8 Å². The third-order valence-corrected chi connectivity index (χ3v) is 1.96. The third-order valence-electron chi connectivity index (χ3n) is 1.67. The van der Waals surface area contributed by atoms with Crippen LogP contribution in [-0.4, -0.2) is 13.2 Å². The number of benzene rings is 1. The van der Waals surface area contributed by atoms with Gasteiger partial charge in [0.15, 0.2) is 0 Å². The fourth-order valence-corrected chi connectivity index (χ4v) is 1.19. The molecule has 0 unspecified atom stereocenters. The van der Waals surface area contributed by atoms with Crippen LogP contribution in [0.4, 0.5) is 0 Å². The number of ether oxygens (including phenoxy) is 1. The number of nitriles is 1. The van der Waals surface area contributed by atoms with Crippen molar-refractivity contribution in [2.45, 2.75) is 6.42 Å². The lowest BCUT2D eigenvalue weighted by Gasteiger charge is -2.06. The van der Waals surface area contributed by atoms with Crippen LogP contribution < -0.4 is 10.5 Å². The maximum absolute atomic E-state index is 8.60. The summed E-state index contributed by atoms with van der Waals surface area (Å²) in [6.45, 7) is 1.13. The molecule has 14 heavy (non-hydrogen) atoms. The van der Waals surface area contributed by atoms with Crippen LogP contribution in [0.3, 0.4) is 0 Å². The SMILES string of the molecule is N#Cc1ccc(OCCCN)c(Cl)c1. The number of nitrogens with zero attached hydrogens (tertiary/aromatic N) is 1. The summed E-state index contributed by atoms with van der Waals surface area (Å²) in [4.78, 5) is 0. The van der Waals surface area contributed by atoms with Gasteiger partial charge in [0.2, 0.25) is 0 Å². The first kappa shape index (κ1) is 10.8. The summed E-state index contributed by atoms with van der Waals surface area (Å²) < 4.78 is 5.36. The van der Waals surface area contributed by atoms with Gasteiger partial charge >= 0.3 is 0 Å². The summed E-state index contributed by atoms with van der Waals surface area (Å²) in [7, 11) is 0. The summed E-state index contributed by atoms with van der Waals surface area (Å²) in [5.74, 6) is 0.596. The van der Waals surface area contributed by atoms with Crippen molar-refractivity contribution in [3.05, 3.63) is 28.8 Å². The minimum atomic E-state index is 0.459. The zero-order valence-corrected chi connectivity index (χ0v) is 8.42.